The van der Waals surface area contributed by atoms with Crippen molar-refractivity contribution in [1.82, 2.24) is 10.1 Å². The number of para-hydroxylation sites is 1. The van der Waals surface area contributed by atoms with Crippen molar-refractivity contribution < 1.29 is 14.7 Å². The van der Waals surface area contributed by atoms with Crippen LogP contribution in [-0.4, -0.2) is 35.7 Å². The van der Waals surface area contributed by atoms with Crippen LogP contribution in [-0.2, 0) is 9.59 Å². The van der Waals surface area contributed by atoms with E-state index in [1.165, 1.54) is 0 Å². The van der Waals surface area contributed by atoms with Crippen molar-refractivity contribution in [3.05, 3.63) is 30.3 Å². The third-order valence-electron chi connectivity index (χ3n) is 2.64. The molecule has 0 saturated heterocycles. The van der Waals surface area contributed by atoms with E-state index in [1.807, 2.05) is 30.3 Å². The Morgan fingerprint density at radius 2 is 1.81 bits per heavy atom. The van der Waals surface area contributed by atoms with Crippen molar-refractivity contribution in [2.75, 3.05) is 24.3 Å². The molecule has 0 aromatic heterocycles. The molecule has 7 heteroatoms. The number of carbonyl (C=O) groups excluding carboxylic acids is 1. The number of hydrazine groups is 1. The highest BCUT2D eigenvalue weighted by atomic mass is 32.2. The van der Waals surface area contributed by atoms with Crippen molar-refractivity contribution in [3.8, 4) is 0 Å². The summed E-state index contributed by atoms with van der Waals surface area (Å²) >= 11 is 1.59. The van der Waals surface area contributed by atoms with E-state index in [2.05, 4.69) is 15.6 Å². The number of hydrogen-bond donors (Lipinski definition) is 4. The molecule has 116 valence electrons. The lowest BCUT2D eigenvalue weighted by molar-refractivity contribution is -0.149. The Balaban J connectivity index is 1.85. The quantitative estimate of drug-likeness (QED) is 0.202. The first-order valence-electron chi connectivity index (χ1n) is 6.85. The molecule has 0 aliphatic rings. The topological polar surface area (TPSA) is 90.5 Å². The van der Waals surface area contributed by atoms with Gasteiger partial charge >= 0.3 is 5.97 Å². The zero-order valence-corrected chi connectivity index (χ0v) is 12.6. The van der Waals surface area contributed by atoms with Crippen LogP contribution in [0.1, 0.15) is 19.3 Å². The van der Waals surface area contributed by atoms with Gasteiger partial charge in [-0.05, 0) is 38.1 Å². The zero-order valence-electron chi connectivity index (χ0n) is 11.8. The molecule has 1 aromatic rings. The van der Waals surface area contributed by atoms with Crippen LogP contribution >= 0.6 is 11.9 Å². The van der Waals surface area contributed by atoms with Crippen LogP contribution in [0.25, 0.3) is 0 Å². The lowest BCUT2D eigenvalue weighted by Crippen LogP contribution is -2.20. The summed E-state index contributed by atoms with van der Waals surface area (Å²) < 4.78 is 0. The highest BCUT2D eigenvalue weighted by Crippen LogP contribution is 2.04. The van der Waals surface area contributed by atoms with Gasteiger partial charge in [0.25, 0.3) is 0 Å². The van der Waals surface area contributed by atoms with Crippen molar-refractivity contribution in [1.29, 1.82) is 0 Å². The summed E-state index contributed by atoms with van der Waals surface area (Å²) in [7, 11) is 0. The molecular weight excluding hydrogens is 290 g/mol. The minimum atomic E-state index is -1.34. The van der Waals surface area contributed by atoms with Crippen molar-refractivity contribution in [3.63, 3.8) is 0 Å². The number of anilines is 1. The molecule has 1 rings (SSSR count). The van der Waals surface area contributed by atoms with Gasteiger partial charge in [0.05, 0.1) is 0 Å². The number of Topliss-reactive ketones (excluding diaryl/α,β-unsaturated/α-hetero) is 1. The number of aliphatic carboxylic acids is 1. The van der Waals surface area contributed by atoms with E-state index in [9.17, 15) is 9.59 Å². The third kappa shape index (κ3) is 9.06. The molecule has 0 spiro atoms. The second-order valence-electron chi connectivity index (χ2n) is 4.38. The van der Waals surface area contributed by atoms with E-state index in [-0.39, 0.29) is 6.42 Å². The summed E-state index contributed by atoms with van der Waals surface area (Å²) in [4.78, 5) is 24.2. The smallest absolute Gasteiger partial charge is 0.372 e. The Bertz CT molecular complexity index is 429. The molecule has 0 saturated carbocycles. The van der Waals surface area contributed by atoms with Gasteiger partial charge in [0.2, 0.25) is 5.78 Å². The van der Waals surface area contributed by atoms with Crippen LogP contribution in [0.5, 0.6) is 0 Å². The Kier molecular flexibility index (Phi) is 9.26. The van der Waals surface area contributed by atoms with Gasteiger partial charge in [-0.15, -0.1) is 0 Å². The minimum absolute atomic E-state index is 0.0969. The summed E-state index contributed by atoms with van der Waals surface area (Å²) in [6.07, 6.45) is 1.65. The van der Waals surface area contributed by atoms with E-state index in [4.69, 9.17) is 5.11 Å². The highest BCUT2D eigenvalue weighted by molar-refractivity contribution is 7.97. The maximum atomic E-state index is 10.8. The number of hydrogen-bond acceptors (Lipinski definition) is 6. The summed E-state index contributed by atoms with van der Waals surface area (Å²) in [5.41, 5.74) is 4.10. The summed E-state index contributed by atoms with van der Waals surface area (Å²) in [5.74, 6) is -1.12. The molecule has 0 atom stereocenters. The molecule has 0 unspecified atom stereocenters. The van der Waals surface area contributed by atoms with Gasteiger partial charge in [-0.2, -0.15) is 4.83 Å². The second-order valence-corrected chi connectivity index (χ2v) is 5.28. The number of carboxylic acids is 1. The molecule has 0 aliphatic carbocycles. The van der Waals surface area contributed by atoms with E-state index in [1.54, 1.807) is 11.9 Å². The van der Waals surface area contributed by atoms with Crippen LogP contribution in [0.3, 0.4) is 0 Å². The fourth-order valence-corrected chi connectivity index (χ4v) is 2.12. The first kappa shape index (κ1) is 17.5. The summed E-state index contributed by atoms with van der Waals surface area (Å²) in [6.45, 7) is 1.51. The second kappa shape index (κ2) is 11.1. The number of nitrogens with one attached hydrogen (secondary N) is 3. The first-order valence-corrected chi connectivity index (χ1v) is 7.83. The molecule has 6 nitrogen and oxygen atoms in total. The Morgan fingerprint density at radius 3 is 2.52 bits per heavy atom. The molecule has 0 bridgehead atoms. The monoisotopic (exact) mass is 311 g/mol. The van der Waals surface area contributed by atoms with Crippen molar-refractivity contribution in [2.45, 2.75) is 19.3 Å². The number of carboxylic acid groups (broad SMARTS) is 1. The molecular formula is C14H21N3O3S. The van der Waals surface area contributed by atoms with E-state index < -0.39 is 11.8 Å². The predicted octanol–water partition coefficient (Wildman–Crippen LogP) is 1.66. The fraction of sp³-hybridized carbons (Fsp3) is 0.429. The largest absolute Gasteiger partial charge is 0.476 e. The highest BCUT2D eigenvalue weighted by Gasteiger charge is 2.09. The molecule has 21 heavy (non-hydrogen) atoms. The van der Waals surface area contributed by atoms with Gasteiger partial charge in [-0.25, -0.2) is 4.79 Å². The van der Waals surface area contributed by atoms with Crippen molar-refractivity contribution >= 4 is 29.4 Å². The number of ketones is 1. The minimum Gasteiger partial charge on any atom is -0.476 e. The molecule has 0 fully saturated rings. The van der Waals surface area contributed by atoms with Crippen molar-refractivity contribution in [2.24, 2.45) is 0 Å². The number of benzene rings is 1. The van der Waals surface area contributed by atoms with Crippen LogP contribution in [0.2, 0.25) is 0 Å². The standard InChI is InChI=1S/C14H21N3O3S/c18-13(14(19)20)8-4-9-15-10-5-11-21-17-16-12-6-2-1-3-7-12/h1-3,6-7,15-17H,4-5,8-11H2,(H,19,20). The summed E-state index contributed by atoms with van der Waals surface area (Å²) in [6, 6.07) is 9.86. The Labute approximate surface area is 128 Å². The molecule has 0 aliphatic heterocycles. The Hall–Kier alpha value is -1.57. The maximum Gasteiger partial charge on any atom is 0.372 e. The third-order valence-corrected chi connectivity index (χ3v) is 3.38. The Morgan fingerprint density at radius 1 is 1.10 bits per heavy atom. The van der Waals surface area contributed by atoms with Gasteiger partial charge in [0, 0.05) is 17.9 Å². The van der Waals surface area contributed by atoms with E-state index >= 15 is 0 Å². The van der Waals surface area contributed by atoms with E-state index in [0.717, 1.165) is 24.4 Å². The summed E-state index contributed by atoms with van der Waals surface area (Å²) in [5, 5.41) is 11.6. The molecule has 0 amide bonds. The van der Waals surface area contributed by atoms with E-state index in [0.29, 0.717) is 13.0 Å². The first-order chi connectivity index (χ1) is 10.2. The van der Waals surface area contributed by atoms with Crippen LogP contribution in [0.15, 0.2) is 30.3 Å². The van der Waals surface area contributed by atoms with Gasteiger partial charge in [-0.1, -0.05) is 30.1 Å². The molecule has 0 radical (unpaired) electrons. The van der Waals surface area contributed by atoms with Gasteiger partial charge < -0.3 is 15.8 Å². The van der Waals surface area contributed by atoms with Gasteiger partial charge in [0.1, 0.15) is 0 Å². The zero-order chi connectivity index (χ0) is 15.3. The lowest BCUT2D eigenvalue weighted by Gasteiger charge is -2.07. The predicted molar refractivity (Wildman–Crippen MR) is 85.0 cm³/mol. The lowest BCUT2D eigenvalue weighted by atomic mass is 10.2. The average Bonchev–Trinajstić information content (AvgIpc) is 2.49. The fourth-order valence-electron chi connectivity index (χ4n) is 1.54. The maximum absolute atomic E-state index is 10.8. The van der Waals surface area contributed by atoms with Crippen LogP contribution in [0, 0.1) is 0 Å². The average molecular weight is 311 g/mol. The number of rotatable bonds is 12. The molecule has 4 N–H and O–H groups in total. The normalized spacial score (nSPS) is 10.3. The molecule has 0 heterocycles. The van der Waals surface area contributed by atoms with Gasteiger partial charge in [0.15, 0.2) is 0 Å². The molecule has 1 aromatic carbocycles. The SMILES string of the molecule is O=C(O)C(=O)CCCNCCCSNNc1ccccc1. The van der Waals surface area contributed by atoms with Gasteiger partial charge in [-0.3, -0.25) is 4.79 Å². The number of carbonyl (C=O) groups is 2. The van der Waals surface area contributed by atoms with Crippen LogP contribution in [0.4, 0.5) is 5.69 Å². The van der Waals surface area contributed by atoms with Crippen LogP contribution < -0.4 is 15.6 Å².